The summed E-state index contributed by atoms with van der Waals surface area (Å²) < 4.78 is 16.6. The first-order chi connectivity index (χ1) is 23.8. The van der Waals surface area contributed by atoms with Crippen LogP contribution in [0.1, 0.15) is 125 Å². The van der Waals surface area contributed by atoms with E-state index in [1.807, 2.05) is 0 Å². The van der Waals surface area contributed by atoms with Gasteiger partial charge >= 0.3 is 23.9 Å². The second-order valence-electron chi connectivity index (χ2n) is 18.2. The molecule has 0 aliphatic heterocycles. The smallest absolute Gasteiger partial charge is 0.331 e. The number of hydrogen-bond donors (Lipinski definition) is 1. The highest BCUT2D eigenvalue weighted by molar-refractivity contribution is 5.87. The predicted molar refractivity (Wildman–Crippen MR) is 195 cm³/mol. The van der Waals surface area contributed by atoms with Crippen molar-refractivity contribution in [1.29, 1.82) is 0 Å². The van der Waals surface area contributed by atoms with Gasteiger partial charge in [-0.05, 0) is 141 Å². The number of ether oxygens (including phenoxy) is 3. The fourth-order valence-electron chi connectivity index (χ4n) is 13.1. The van der Waals surface area contributed by atoms with Crippen molar-refractivity contribution in [3.8, 4) is 11.5 Å². The lowest BCUT2D eigenvalue weighted by molar-refractivity contribution is -0.250. The Balaban J connectivity index is 1.19. The van der Waals surface area contributed by atoms with Crippen molar-refractivity contribution in [2.75, 3.05) is 0 Å². The molecule has 8 heteroatoms. The van der Waals surface area contributed by atoms with Gasteiger partial charge in [0, 0.05) is 25.3 Å². The lowest BCUT2D eigenvalue weighted by Gasteiger charge is -2.72. The van der Waals surface area contributed by atoms with Crippen LogP contribution in [0.3, 0.4) is 0 Å². The number of carbonyl (C=O) groups is 4. The van der Waals surface area contributed by atoms with Crippen LogP contribution < -0.4 is 9.47 Å². The summed E-state index contributed by atoms with van der Waals surface area (Å²) in [4.78, 5) is 49.4. The molecule has 0 heterocycles. The van der Waals surface area contributed by atoms with E-state index in [0.29, 0.717) is 23.3 Å². The Morgan fingerprint density at radius 3 is 2.12 bits per heavy atom. The number of carbonyl (C=O) groups excluding carboxylic acids is 3. The molecule has 0 bridgehead atoms. The quantitative estimate of drug-likeness (QED) is 0.129. The Hall–Kier alpha value is -3.42. The number of carboxylic acids is 1. The van der Waals surface area contributed by atoms with Crippen LogP contribution in [0.4, 0.5) is 0 Å². The number of allylic oxidation sites excluding steroid dienone is 1. The molecule has 0 aromatic heterocycles. The van der Waals surface area contributed by atoms with Gasteiger partial charge in [0.05, 0.1) is 5.41 Å². The van der Waals surface area contributed by atoms with Crippen molar-refractivity contribution in [2.24, 2.45) is 56.7 Å². The van der Waals surface area contributed by atoms with Crippen LogP contribution in [0.2, 0.25) is 0 Å². The zero-order valence-corrected chi connectivity index (χ0v) is 31.9. The molecule has 0 amide bonds. The van der Waals surface area contributed by atoms with Crippen LogP contribution in [0, 0.1) is 56.7 Å². The van der Waals surface area contributed by atoms with E-state index in [2.05, 4.69) is 48.1 Å². The molecule has 1 aromatic carbocycles. The van der Waals surface area contributed by atoms with Gasteiger partial charge < -0.3 is 19.3 Å². The fraction of sp³-hybridized carbons (Fsp3) is 0.674. The molecule has 0 saturated heterocycles. The highest BCUT2D eigenvalue weighted by atomic mass is 16.6. The van der Waals surface area contributed by atoms with E-state index in [9.17, 15) is 24.3 Å². The van der Waals surface area contributed by atoms with Gasteiger partial charge in [0.15, 0.2) is 11.5 Å². The van der Waals surface area contributed by atoms with Crippen molar-refractivity contribution in [2.45, 2.75) is 126 Å². The molecule has 278 valence electrons. The minimum Gasteiger partial charge on any atom is -0.481 e. The van der Waals surface area contributed by atoms with Crippen LogP contribution in [0.25, 0.3) is 6.08 Å². The zero-order chi connectivity index (χ0) is 37.3. The molecule has 8 nitrogen and oxygen atoms in total. The minimum absolute atomic E-state index is 0.0650. The number of fused-ring (bicyclic) bond motifs is 7. The fourth-order valence-corrected chi connectivity index (χ4v) is 13.1. The summed E-state index contributed by atoms with van der Waals surface area (Å²) in [5.41, 5.74) is 1.16. The van der Waals surface area contributed by atoms with Crippen molar-refractivity contribution in [3.05, 3.63) is 42.0 Å². The molecule has 0 radical (unpaired) electrons. The van der Waals surface area contributed by atoms with Crippen molar-refractivity contribution < 1.29 is 38.5 Å². The number of esters is 3. The molecule has 5 aliphatic rings. The van der Waals surface area contributed by atoms with Crippen LogP contribution >= 0.6 is 0 Å². The van der Waals surface area contributed by atoms with Gasteiger partial charge in [-0.25, -0.2) is 4.79 Å². The molecule has 5 saturated carbocycles. The summed E-state index contributed by atoms with van der Waals surface area (Å²) >= 11 is 0. The number of carboxylic acid groups (broad SMARTS) is 1. The van der Waals surface area contributed by atoms with E-state index >= 15 is 0 Å². The third-order valence-corrected chi connectivity index (χ3v) is 15.6. The maximum atomic E-state index is 13.3. The number of hydrogen-bond acceptors (Lipinski definition) is 7. The molecule has 5 aliphatic carbocycles. The van der Waals surface area contributed by atoms with Gasteiger partial charge in [-0.15, -0.1) is 0 Å². The lowest BCUT2D eigenvalue weighted by Crippen LogP contribution is -2.67. The van der Waals surface area contributed by atoms with E-state index in [4.69, 9.17) is 14.2 Å². The molecule has 1 N–H and O–H groups in total. The zero-order valence-electron chi connectivity index (χ0n) is 31.9. The SMILES string of the molecule is C=C(C)[C@@H]1CC[C@]2(C(=O)O)CC[C@]3(C)[C@H](CC[C@@H]4[C@@]5(C)CC[C@H](OC(=O)/C=C/c6ccc(OC(C)=O)c(OC(C)=O)c6)C(C)(C)[C@@H]5CC[C@]43C)[C@@H]12. The largest absolute Gasteiger partial charge is 0.481 e. The number of benzene rings is 1. The highest BCUT2D eigenvalue weighted by Crippen LogP contribution is 2.77. The normalized spacial score (nSPS) is 39.5. The molecule has 6 rings (SSSR count). The number of rotatable bonds is 7. The Bertz CT molecular complexity index is 1660. The van der Waals surface area contributed by atoms with Crippen LogP contribution in [0.5, 0.6) is 11.5 Å². The first-order valence-electron chi connectivity index (χ1n) is 19.1. The van der Waals surface area contributed by atoms with E-state index in [1.54, 1.807) is 18.2 Å². The second kappa shape index (κ2) is 12.9. The van der Waals surface area contributed by atoms with E-state index < -0.39 is 29.3 Å². The maximum Gasteiger partial charge on any atom is 0.331 e. The summed E-state index contributed by atoms with van der Waals surface area (Å²) in [6, 6.07) is 4.76. The molecule has 51 heavy (non-hydrogen) atoms. The highest BCUT2D eigenvalue weighted by Gasteiger charge is 2.72. The summed E-state index contributed by atoms with van der Waals surface area (Å²) in [5.74, 6) is -0.139. The van der Waals surface area contributed by atoms with Crippen LogP contribution in [-0.2, 0) is 23.9 Å². The average molecular weight is 703 g/mol. The van der Waals surface area contributed by atoms with Gasteiger partial charge in [0.25, 0.3) is 0 Å². The lowest BCUT2D eigenvalue weighted by atomic mass is 9.32. The van der Waals surface area contributed by atoms with E-state index in [0.717, 1.165) is 69.8 Å². The average Bonchev–Trinajstić information content (AvgIpc) is 3.44. The summed E-state index contributed by atoms with van der Waals surface area (Å²) in [6.07, 6.45) is 12.4. The van der Waals surface area contributed by atoms with E-state index in [1.165, 1.54) is 26.0 Å². The van der Waals surface area contributed by atoms with Crippen LogP contribution in [0.15, 0.2) is 36.4 Å². The molecule has 5 fully saturated rings. The molecule has 10 atom stereocenters. The van der Waals surface area contributed by atoms with Crippen molar-refractivity contribution >= 4 is 30.0 Å². The standard InChI is InChI=1S/C43H58O8/c1-25(2)29-16-21-43(38(47)48)23-22-41(8)30(37(29)43)12-14-34-40(7)19-18-35(39(5,6)33(40)17-20-42(34,41)9)51-36(46)15-11-28-10-13-31(49-26(3)44)32(24-28)50-27(4)45/h10-11,13,15,24,29-30,33-35,37H,1,12,14,16-23H2,2-9H3,(H,47,48)/b15-11+/t29-,30+,33-,34+,35-,37+,40-,41+,42+,43-/m0/s1. The number of aliphatic carboxylic acids is 1. The third-order valence-electron chi connectivity index (χ3n) is 15.6. The summed E-state index contributed by atoms with van der Waals surface area (Å²) in [6.45, 7) is 21.2. The van der Waals surface area contributed by atoms with Gasteiger partial charge in [0.2, 0.25) is 0 Å². The molecule has 0 unspecified atom stereocenters. The third kappa shape index (κ3) is 5.87. The molecule has 0 spiro atoms. The topological polar surface area (TPSA) is 116 Å². The van der Waals surface area contributed by atoms with Crippen molar-refractivity contribution in [1.82, 2.24) is 0 Å². The second-order valence-corrected chi connectivity index (χ2v) is 18.2. The van der Waals surface area contributed by atoms with Gasteiger partial charge in [-0.3, -0.25) is 14.4 Å². The summed E-state index contributed by atoms with van der Waals surface area (Å²) in [7, 11) is 0. The van der Waals surface area contributed by atoms with E-state index in [-0.39, 0.29) is 51.1 Å². The Morgan fingerprint density at radius 2 is 1.47 bits per heavy atom. The first-order valence-corrected chi connectivity index (χ1v) is 19.1. The maximum absolute atomic E-state index is 13.3. The Kier molecular flexibility index (Phi) is 9.45. The van der Waals surface area contributed by atoms with Gasteiger partial charge in [-0.2, -0.15) is 0 Å². The van der Waals surface area contributed by atoms with Gasteiger partial charge in [-0.1, -0.05) is 52.8 Å². The Morgan fingerprint density at radius 1 is 0.784 bits per heavy atom. The monoisotopic (exact) mass is 702 g/mol. The van der Waals surface area contributed by atoms with Gasteiger partial charge in [0.1, 0.15) is 6.10 Å². The predicted octanol–water partition coefficient (Wildman–Crippen LogP) is 9.20. The first kappa shape index (κ1) is 37.3. The van der Waals surface area contributed by atoms with Crippen molar-refractivity contribution in [3.63, 3.8) is 0 Å². The molecular weight excluding hydrogens is 644 g/mol. The molecular formula is C43H58O8. The Labute approximate surface area is 303 Å². The van der Waals surface area contributed by atoms with Crippen LogP contribution in [-0.4, -0.2) is 35.1 Å². The minimum atomic E-state index is -0.617. The molecule has 1 aromatic rings. The summed E-state index contributed by atoms with van der Waals surface area (Å²) in [5, 5.41) is 10.7.